The zero-order chi connectivity index (χ0) is 14.9. The molecule has 0 rings (SSSR count). The van der Waals surface area contributed by atoms with Crippen LogP contribution in [0.3, 0.4) is 0 Å². The molecule has 0 amide bonds. The highest BCUT2D eigenvalue weighted by atomic mass is 16.4. The van der Waals surface area contributed by atoms with E-state index in [1.165, 1.54) is 51.4 Å². The number of carboxylic acid groups (broad SMARTS) is 1. The number of unbranched alkanes of at least 4 members (excludes halogenated alkanes) is 9. The van der Waals surface area contributed by atoms with Crippen LogP contribution in [0.15, 0.2) is 24.3 Å². The number of carbonyl (C=O) groups is 1. The Morgan fingerprint density at radius 3 is 1.85 bits per heavy atom. The van der Waals surface area contributed by atoms with Crippen LogP contribution in [0, 0.1) is 0 Å². The molecule has 0 aromatic carbocycles. The first-order valence-electron chi connectivity index (χ1n) is 8.30. The molecule has 0 aromatic rings. The summed E-state index contributed by atoms with van der Waals surface area (Å²) >= 11 is 0. The van der Waals surface area contributed by atoms with Crippen LogP contribution in [0.2, 0.25) is 0 Å². The first kappa shape index (κ1) is 18.9. The molecule has 0 fully saturated rings. The van der Waals surface area contributed by atoms with Crippen LogP contribution in [0.1, 0.15) is 84.0 Å². The van der Waals surface area contributed by atoms with Crippen molar-refractivity contribution in [3.8, 4) is 0 Å². The van der Waals surface area contributed by atoms with Crippen molar-refractivity contribution in [2.24, 2.45) is 0 Å². The number of hydrogen-bond donors (Lipinski definition) is 1. The van der Waals surface area contributed by atoms with E-state index in [1.807, 2.05) is 0 Å². The molecule has 0 aromatic heterocycles. The number of rotatable bonds is 14. The summed E-state index contributed by atoms with van der Waals surface area (Å²) in [6.45, 7) is 2.23. The average Bonchev–Trinajstić information content (AvgIpc) is 2.43. The summed E-state index contributed by atoms with van der Waals surface area (Å²) in [5.41, 5.74) is 0. The third-order valence-corrected chi connectivity index (χ3v) is 3.37. The minimum atomic E-state index is -0.669. The second kappa shape index (κ2) is 16.0. The number of allylic oxidation sites excluding steroid dienone is 4. The maximum atomic E-state index is 10.3. The molecule has 1 N–H and O–H groups in total. The smallest absolute Gasteiger partial charge is 0.303 e. The lowest BCUT2D eigenvalue weighted by atomic mass is 10.1. The van der Waals surface area contributed by atoms with Gasteiger partial charge in [-0.15, -0.1) is 0 Å². The molecule has 0 aliphatic carbocycles. The highest BCUT2D eigenvalue weighted by Crippen LogP contribution is 2.09. The maximum absolute atomic E-state index is 10.3. The van der Waals surface area contributed by atoms with Crippen LogP contribution < -0.4 is 0 Å². The quantitative estimate of drug-likeness (QED) is 0.318. The standard InChI is InChI=1S/C18H32O2/c1-2-3-4-5-6-7-8-9-10-11-12-13-14-15-16-17-18(19)20/h6-9H,2-5,10-17H2,1H3,(H,19,20)/b7-6+,9-8+. The zero-order valence-electron chi connectivity index (χ0n) is 13.2. The molecule has 0 aliphatic heterocycles. The second-order valence-electron chi connectivity index (χ2n) is 5.41. The molecule has 0 saturated heterocycles. The van der Waals surface area contributed by atoms with E-state index in [1.54, 1.807) is 0 Å². The summed E-state index contributed by atoms with van der Waals surface area (Å²) in [6.07, 6.45) is 22.3. The predicted octanol–water partition coefficient (Wildman–Crippen LogP) is 5.88. The third kappa shape index (κ3) is 16.9. The highest BCUT2D eigenvalue weighted by molar-refractivity contribution is 5.66. The fraction of sp³-hybridized carbons (Fsp3) is 0.722. The molecule has 2 heteroatoms. The van der Waals surface area contributed by atoms with Crippen molar-refractivity contribution < 1.29 is 9.90 Å². The van der Waals surface area contributed by atoms with Gasteiger partial charge in [-0.25, -0.2) is 0 Å². The van der Waals surface area contributed by atoms with Gasteiger partial charge >= 0.3 is 5.97 Å². The second-order valence-corrected chi connectivity index (χ2v) is 5.41. The normalized spacial score (nSPS) is 11.7. The zero-order valence-corrected chi connectivity index (χ0v) is 13.2. The molecular formula is C18H32O2. The molecule has 20 heavy (non-hydrogen) atoms. The number of aliphatic carboxylic acids is 1. The molecule has 0 bridgehead atoms. The van der Waals surface area contributed by atoms with Crippen molar-refractivity contribution >= 4 is 5.97 Å². The van der Waals surface area contributed by atoms with E-state index in [4.69, 9.17) is 5.11 Å². The summed E-state index contributed by atoms with van der Waals surface area (Å²) in [5, 5.41) is 8.50. The van der Waals surface area contributed by atoms with Crippen LogP contribution >= 0.6 is 0 Å². The van der Waals surface area contributed by atoms with Crippen molar-refractivity contribution in [1.29, 1.82) is 0 Å². The van der Waals surface area contributed by atoms with Crippen molar-refractivity contribution in [3.05, 3.63) is 24.3 Å². The summed E-state index contributed by atoms with van der Waals surface area (Å²) in [5.74, 6) is -0.669. The van der Waals surface area contributed by atoms with E-state index in [0.717, 1.165) is 19.3 Å². The minimum Gasteiger partial charge on any atom is -0.481 e. The van der Waals surface area contributed by atoms with Gasteiger partial charge in [0.2, 0.25) is 0 Å². The van der Waals surface area contributed by atoms with Gasteiger partial charge in [0, 0.05) is 6.42 Å². The Labute approximate surface area is 125 Å². The minimum absolute atomic E-state index is 0.327. The lowest BCUT2D eigenvalue weighted by Gasteiger charge is -1.99. The van der Waals surface area contributed by atoms with Gasteiger partial charge in [0.1, 0.15) is 0 Å². The Kier molecular flexibility index (Phi) is 15.2. The maximum Gasteiger partial charge on any atom is 0.303 e. The molecule has 0 atom stereocenters. The molecule has 0 radical (unpaired) electrons. The van der Waals surface area contributed by atoms with E-state index in [0.29, 0.717) is 6.42 Å². The average molecular weight is 280 g/mol. The van der Waals surface area contributed by atoms with E-state index < -0.39 is 5.97 Å². The Balaban J connectivity index is 3.17. The monoisotopic (exact) mass is 280 g/mol. The molecule has 0 aliphatic rings. The Bertz CT molecular complexity index is 267. The molecule has 2 nitrogen and oxygen atoms in total. The molecule has 0 saturated carbocycles. The van der Waals surface area contributed by atoms with Crippen LogP contribution in [0.25, 0.3) is 0 Å². The first-order chi connectivity index (χ1) is 9.77. The lowest BCUT2D eigenvalue weighted by Crippen LogP contribution is -1.93. The van der Waals surface area contributed by atoms with E-state index in [2.05, 4.69) is 31.2 Å². The van der Waals surface area contributed by atoms with Crippen LogP contribution in [-0.2, 0) is 4.79 Å². The number of carboxylic acids is 1. The van der Waals surface area contributed by atoms with Gasteiger partial charge in [-0.2, -0.15) is 0 Å². The first-order valence-corrected chi connectivity index (χ1v) is 8.30. The molecule has 0 unspecified atom stereocenters. The summed E-state index contributed by atoms with van der Waals surface area (Å²) in [7, 11) is 0. The van der Waals surface area contributed by atoms with Crippen molar-refractivity contribution in [1.82, 2.24) is 0 Å². The fourth-order valence-electron chi connectivity index (χ4n) is 2.11. The van der Waals surface area contributed by atoms with Gasteiger partial charge in [0.15, 0.2) is 0 Å². The number of hydrogen-bond acceptors (Lipinski definition) is 1. The van der Waals surface area contributed by atoms with Gasteiger partial charge in [-0.3, -0.25) is 4.79 Å². The van der Waals surface area contributed by atoms with Crippen molar-refractivity contribution in [3.63, 3.8) is 0 Å². The van der Waals surface area contributed by atoms with Gasteiger partial charge in [-0.1, -0.05) is 69.8 Å². The van der Waals surface area contributed by atoms with Gasteiger partial charge in [0.05, 0.1) is 0 Å². The van der Waals surface area contributed by atoms with E-state index >= 15 is 0 Å². The molecular weight excluding hydrogens is 248 g/mol. The van der Waals surface area contributed by atoms with Crippen LogP contribution in [0.4, 0.5) is 0 Å². The fourth-order valence-corrected chi connectivity index (χ4v) is 2.11. The molecule has 0 heterocycles. The Morgan fingerprint density at radius 2 is 1.30 bits per heavy atom. The lowest BCUT2D eigenvalue weighted by molar-refractivity contribution is -0.137. The SMILES string of the molecule is CCCCC/C=C/C=C/CCCCCCCCC(=O)O. The van der Waals surface area contributed by atoms with Gasteiger partial charge < -0.3 is 5.11 Å². The van der Waals surface area contributed by atoms with Crippen LogP contribution in [-0.4, -0.2) is 11.1 Å². The topological polar surface area (TPSA) is 37.3 Å². The Morgan fingerprint density at radius 1 is 0.800 bits per heavy atom. The van der Waals surface area contributed by atoms with Crippen LogP contribution in [0.5, 0.6) is 0 Å². The summed E-state index contributed by atoms with van der Waals surface area (Å²) in [6, 6.07) is 0. The predicted molar refractivity (Wildman–Crippen MR) is 87.0 cm³/mol. The van der Waals surface area contributed by atoms with Crippen molar-refractivity contribution in [2.45, 2.75) is 84.0 Å². The highest BCUT2D eigenvalue weighted by Gasteiger charge is 1.95. The molecule has 0 spiro atoms. The van der Waals surface area contributed by atoms with E-state index in [-0.39, 0.29) is 0 Å². The molecule has 116 valence electrons. The van der Waals surface area contributed by atoms with E-state index in [9.17, 15) is 4.79 Å². The van der Waals surface area contributed by atoms with Gasteiger partial charge in [0.25, 0.3) is 0 Å². The largest absolute Gasteiger partial charge is 0.481 e. The third-order valence-electron chi connectivity index (χ3n) is 3.37. The van der Waals surface area contributed by atoms with Crippen molar-refractivity contribution in [2.75, 3.05) is 0 Å². The summed E-state index contributed by atoms with van der Waals surface area (Å²) in [4.78, 5) is 10.3. The van der Waals surface area contributed by atoms with Gasteiger partial charge in [-0.05, 0) is 32.1 Å². The Hall–Kier alpha value is -1.05. The summed E-state index contributed by atoms with van der Waals surface area (Å²) < 4.78 is 0.